The number of rotatable bonds is 48. The highest BCUT2D eigenvalue weighted by molar-refractivity contribution is 5.71. The van der Waals surface area contributed by atoms with Gasteiger partial charge in [0.15, 0.2) is 6.10 Å². The van der Waals surface area contributed by atoms with E-state index in [1.807, 2.05) is 0 Å². The maximum Gasteiger partial charge on any atom is 0.306 e. The Bertz CT molecular complexity index is 973. The summed E-state index contributed by atoms with van der Waals surface area (Å²) in [6, 6.07) is 0. The monoisotopic (exact) mass is 845 g/mol. The maximum absolute atomic E-state index is 12.8. The maximum atomic E-state index is 12.8. The standard InChI is InChI=1S/C54H100O6/c1-4-7-10-13-16-19-22-24-25-26-27-28-29-30-33-35-38-41-44-47-53(56)59-50-51(49-58-52(55)46-43-40-37-34-31-21-18-15-12-9-6-3)60-54(57)48-45-42-39-36-32-23-20-17-14-11-8-5-2/h15,18,24-25,51H,4-14,16-17,19-23,26-50H2,1-3H3/b18-15-,25-24-. The molecule has 0 aliphatic carbocycles. The highest BCUT2D eigenvalue weighted by Crippen LogP contribution is 2.16. The molecule has 0 aliphatic rings. The predicted molar refractivity (Wildman–Crippen MR) is 256 cm³/mol. The van der Waals surface area contributed by atoms with Crippen LogP contribution in [0.4, 0.5) is 0 Å². The van der Waals surface area contributed by atoms with Crippen LogP contribution in [-0.2, 0) is 28.6 Å². The first-order valence-corrected chi connectivity index (χ1v) is 26.3. The quantitative estimate of drug-likeness (QED) is 0.0263. The summed E-state index contributed by atoms with van der Waals surface area (Å²) in [5.41, 5.74) is 0. The van der Waals surface area contributed by atoms with Crippen LogP contribution in [0.3, 0.4) is 0 Å². The Kier molecular flexibility index (Phi) is 47.8. The molecule has 1 atom stereocenters. The highest BCUT2D eigenvalue weighted by Gasteiger charge is 2.19. The molecule has 6 nitrogen and oxygen atoms in total. The van der Waals surface area contributed by atoms with Gasteiger partial charge in [-0.15, -0.1) is 0 Å². The van der Waals surface area contributed by atoms with E-state index >= 15 is 0 Å². The van der Waals surface area contributed by atoms with Crippen molar-refractivity contribution in [1.82, 2.24) is 0 Å². The summed E-state index contributed by atoms with van der Waals surface area (Å²) in [4.78, 5) is 37.9. The second kappa shape index (κ2) is 49.5. The molecule has 0 fully saturated rings. The number of carbonyl (C=O) groups excluding carboxylic acids is 3. The van der Waals surface area contributed by atoms with Crippen LogP contribution in [0.1, 0.15) is 284 Å². The minimum Gasteiger partial charge on any atom is -0.462 e. The van der Waals surface area contributed by atoms with Crippen molar-refractivity contribution >= 4 is 17.9 Å². The predicted octanol–water partition coefficient (Wildman–Crippen LogP) is 17.2. The Balaban J connectivity index is 4.28. The molecule has 352 valence electrons. The molecule has 6 heteroatoms. The molecule has 0 aromatic carbocycles. The summed E-state index contributed by atoms with van der Waals surface area (Å²) in [6.07, 6.45) is 55.9. The zero-order chi connectivity index (χ0) is 43.7. The third kappa shape index (κ3) is 46.9. The minimum atomic E-state index is -0.769. The minimum absolute atomic E-state index is 0.0713. The van der Waals surface area contributed by atoms with Gasteiger partial charge in [-0.2, -0.15) is 0 Å². The first kappa shape index (κ1) is 57.9. The van der Waals surface area contributed by atoms with Crippen LogP contribution in [0, 0.1) is 0 Å². The molecule has 0 aliphatic heterocycles. The van der Waals surface area contributed by atoms with Crippen LogP contribution in [0.25, 0.3) is 0 Å². The van der Waals surface area contributed by atoms with Gasteiger partial charge in [-0.05, 0) is 64.2 Å². The SMILES string of the molecule is CCCC/C=C\CCCCCCCC(=O)OCC(COC(=O)CCCCCCCCCCC/C=C\CCCCCCCC)OC(=O)CCCCCCCCCCCCCC. The summed E-state index contributed by atoms with van der Waals surface area (Å²) in [6.45, 7) is 6.61. The van der Waals surface area contributed by atoms with E-state index in [-0.39, 0.29) is 31.1 Å². The molecule has 0 spiro atoms. The fourth-order valence-corrected chi connectivity index (χ4v) is 7.65. The zero-order valence-corrected chi connectivity index (χ0v) is 40.2. The zero-order valence-electron chi connectivity index (χ0n) is 40.2. The number of ether oxygens (including phenoxy) is 3. The van der Waals surface area contributed by atoms with E-state index in [0.717, 1.165) is 64.2 Å². The van der Waals surface area contributed by atoms with Gasteiger partial charge in [-0.1, -0.05) is 225 Å². The Morgan fingerprint density at radius 3 is 0.883 bits per heavy atom. The summed E-state index contributed by atoms with van der Waals surface area (Å²) in [5, 5.41) is 0. The number of allylic oxidation sites excluding steroid dienone is 4. The molecule has 0 aromatic rings. The second-order valence-corrected chi connectivity index (χ2v) is 17.8. The number of unbranched alkanes of at least 4 members (excludes halogenated alkanes) is 33. The van der Waals surface area contributed by atoms with Gasteiger partial charge in [-0.25, -0.2) is 0 Å². The van der Waals surface area contributed by atoms with Crippen molar-refractivity contribution in [3.63, 3.8) is 0 Å². The third-order valence-corrected chi connectivity index (χ3v) is 11.7. The number of esters is 3. The first-order chi connectivity index (χ1) is 29.5. The highest BCUT2D eigenvalue weighted by atomic mass is 16.6. The lowest BCUT2D eigenvalue weighted by atomic mass is 10.0. The van der Waals surface area contributed by atoms with E-state index in [1.54, 1.807) is 0 Å². The van der Waals surface area contributed by atoms with Gasteiger partial charge in [-0.3, -0.25) is 14.4 Å². The van der Waals surface area contributed by atoms with Crippen LogP contribution in [0.15, 0.2) is 24.3 Å². The van der Waals surface area contributed by atoms with E-state index in [2.05, 4.69) is 45.1 Å². The van der Waals surface area contributed by atoms with Gasteiger partial charge in [0.1, 0.15) is 13.2 Å². The molecule has 0 saturated heterocycles. The van der Waals surface area contributed by atoms with Crippen molar-refractivity contribution in [1.29, 1.82) is 0 Å². The van der Waals surface area contributed by atoms with Crippen molar-refractivity contribution in [2.45, 2.75) is 290 Å². The lowest BCUT2D eigenvalue weighted by Crippen LogP contribution is -2.30. The molecule has 0 amide bonds. The molecule has 0 radical (unpaired) electrons. The number of hydrogen-bond donors (Lipinski definition) is 0. The molecule has 60 heavy (non-hydrogen) atoms. The van der Waals surface area contributed by atoms with Gasteiger partial charge in [0.25, 0.3) is 0 Å². The van der Waals surface area contributed by atoms with E-state index in [4.69, 9.17) is 14.2 Å². The van der Waals surface area contributed by atoms with E-state index in [1.165, 1.54) is 180 Å². The lowest BCUT2D eigenvalue weighted by molar-refractivity contribution is -0.167. The largest absolute Gasteiger partial charge is 0.462 e. The summed E-state index contributed by atoms with van der Waals surface area (Å²) in [5.74, 6) is -0.871. The van der Waals surface area contributed by atoms with Crippen LogP contribution < -0.4 is 0 Å². The summed E-state index contributed by atoms with van der Waals surface area (Å²) < 4.78 is 16.8. The third-order valence-electron chi connectivity index (χ3n) is 11.7. The molecule has 0 N–H and O–H groups in total. The van der Waals surface area contributed by atoms with Crippen LogP contribution >= 0.6 is 0 Å². The molecular weight excluding hydrogens is 745 g/mol. The summed E-state index contributed by atoms with van der Waals surface area (Å²) >= 11 is 0. The molecule has 1 unspecified atom stereocenters. The van der Waals surface area contributed by atoms with Crippen molar-refractivity contribution in [3.8, 4) is 0 Å². The van der Waals surface area contributed by atoms with E-state index < -0.39 is 6.10 Å². The summed E-state index contributed by atoms with van der Waals surface area (Å²) in [7, 11) is 0. The average Bonchev–Trinajstić information content (AvgIpc) is 3.24. The smallest absolute Gasteiger partial charge is 0.306 e. The molecule has 0 saturated carbocycles. The Morgan fingerprint density at radius 2 is 0.567 bits per heavy atom. The lowest BCUT2D eigenvalue weighted by Gasteiger charge is -2.18. The van der Waals surface area contributed by atoms with Gasteiger partial charge in [0, 0.05) is 19.3 Å². The Hall–Kier alpha value is -2.11. The van der Waals surface area contributed by atoms with Crippen molar-refractivity contribution < 1.29 is 28.6 Å². The van der Waals surface area contributed by atoms with E-state index in [9.17, 15) is 14.4 Å². The molecular formula is C54H100O6. The van der Waals surface area contributed by atoms with Crippen LogP contribution in [0.5, 0.6) is 0 Å². The van der Waals surface area contributed by atoms with Crippen molar-refractivity contribution in [3.05, 3.63) is 24.3 Å². The Morgan fingerprint density at radius 1 is 0.317 bits per heavy atom. The van der Waals surface area contributed by atoms with Gasteiger partial charge < -0.3 is 14.2 Å². The van der Waals surface area contributed by atoms with E-state index in [0.29, 0.717) is 19.3 Å². The first-order valence-electron chi connectivity index (χ1n) is 26.3. The Labute approximate surface area is 373 Å². The van der Waals surface area contributed by atoms with Crippen molar-refractivity contribution in [2.75, 3.05) is 13.2 Å². The second-order valence-electron chi connectivity index (χ2n) is 17.8. The van der Waals surface area contributed by atoms with Crippen molar-refractivity contribution in [2.24, 2.45) is 0 Å². The average molecular weight is 845 g/mol. The molecule has 0 rings (SSSR count). The van der Waals surface area contributed by atoms with Crippen LogP contribution in [0.2, 0.25) is 0 Å². The number of carbonyl (C=O) groups is 3. The molecule has 0 heterocycles. The topological polar surface area (TPSA) is 78.9 Å². The molecule has 0 bridgehead atoms. The van der Waals surface area contributed by atoms with Crippen LogP contribution in [-0.4, -0.2) is 37.2 Å². The normalized spacial score (nSPS) is 12.1. The molecule has 0 aromatic heterocycles. The van der Waals surface area contributed by atoms with Gasteiger partial charge in [0.05, 0.1) is 0 Å². The number of hydrogen-bond acceptors (Lipinski definition) is 6. The van der Waals surface area contributed by atoms with Gasteiger partial charge in [0.2, 0.25) is 0 Å². The fraction of sp³-hybridized carbons (Fsp3) is 0.870. The van der Waals surface area contributed by atoms with Gasteiger partial charge >= 0.3 is 17.9 Å². The fourth-order valence-electron chi connectivity index (χ4n) is 7.65.